The van der Waals surface area contributed by atoms with E-state index in [-0.39, 0.29) is 30.6 Å². The Balaban J connectivity index is 0.00000131. The maximum Gasteiger partial charge on any atom is 0.132 e. The normalized spacial score (nSPS) is 21.4. The average Bonchev–Trinajstić information content (AvgIpc) is 2.59. The molecule has 0 amide bonds. The molecule has 0 unspecified atom stereocenters. The molecule has 4 rings (SSSR count). The number of anilines is 1. The summed E-state index contributed by atoms with van der Waals surface area (Å²) in [7, 11) is 0. The minimum Gasteiger partial charge on any atom is -0.352 e. The van der Waals surface area contributed by atoms with Crippen LogP contribution in [0.1, 0.15) is 42.3 Å². The number of hydrogen-bond donors (Lipinski definition) is 1. The van der Waals surface area contributed by atoms with Crippen molar-refractivity contribution in [2.75, 3.05) is 18.0 Å². The van der Waals surface area contributed by atoms with Crippen molar-refractivity contribution in [2.45, 2.75) is 38.1 Å². The van der Waals surface area contributed by atoms with Crippen LogP contribution in [0.5, 0.6) is 0 Å². The molecule has 146 valence electrons. The van der Waals surface area contributed by atoms with Crippen LogP contribution < -0.4 is 10.6 Å². The Bertz CT molecular complexity index is 804. The van der Waals surface area contributed by atoms with Crippen molar-refractivity contribution in [3.8, 4) is 0 Å². The van der Waals surface area contributed by atoms with E-state index in [0.29, 0.717) is 12.0 Å². The second kappa shape index (κ2) is 9.00. The van der Waals surface area contributed by atoms with E-state index in [1.54, 1.807) is 0 Å². The first-order valence-electron chi connectivity index (χ1n) is 8.89. The first-order valence-corrected chi connectivity index (χ1v) is 8.89. The fourth-order valence-electron chi connectivity index (χ4n) is 3.65. The maximum absolute atomic E-state index is 13.1. The Morgan fingerprint density at radius 2 is 1.81 bits per heavy atom. The van der Waals surface area contributed by atoms with Crippen LogP contribution in [0.2, 0.25) is 0 Å². The average molecular weight is 411 g/mol. The Morgan fingerprint density at radius 3 is 2.41 bits per heavy atom. The van der Waals surface area contributed by atoms with Gasteiger partial charge in [0.1, 0.15) is 17.5 Å². The molecule has 0 bridgehead atoms. The lowest BCUT2D eigenvalue weighted by Crippen LogP contribution is -2.35. The fraction of sp³-hybridized carbons (Fsp3) is 0.400. The summed E-state index contributed by atoms with van der Waals surface area (Å²) in [5, 5.41) is 0. The van der Waals surface area contributed by atoms with Gasteiger partial charge in [-0.2, -0.15) is 0 Å². The highest BCUT2D eigenvalue weighted by Gasteiger charge is 2.29. The number of nitrogens with zero attached hydrogens (tertiary/aromatic N) is 3. The van der Waals surface area contributed by atoms with E-state index in [0.717, 1.165) is 55.3 Å². The van der Waals surface area contributed by atoms with Gasteiger partial charge in [0.25, 0.3) is 0 Å². The van der Waals surface area contributed by atoms with Gasteiger partial charge in [-0.25, -0.2) is 14.4 Å². The van der Waals surface area contributed by atoms with Gasteiger partial charge in [-0.05, 0) is 49.5 Å². The molecule has 2 aliphatic rings. The molecule has 1 saturated carbocycles. The Hall–Kier alpha value is -1.69. The Morgan fingerprint density at radius 1 is 1.11 bits per heavy atom. The first-order chi connectivity index (χ1) is 12.1. The zero-order valence-electron chi connectivity index (χ0n) is 15.3. The van der Waals surface area contributed by atoms with Crippen molar-refractivity contribution >= 4 is 36.2 Å². The second-order valence-corrected chi connectivity index (χ2v) is 7.06. The quantitative estimate of drug-likeness (QED) is 0.820. The molecule has 7 heteroatoms. The van der Waals surface area contributed by atoms with Crippen LogP contribution in [0.4, 0.5) is 10.2 Å². The van der Waals surface area contributed by atoms with Crippen molar-refractivity contribution in [3.63, 3.8) is 0 Å². The molecule has 1 fully saturated rings. The lowest BCUT2D eigenvalue weighted by Gasteiger charge is -2.33. The molecule has 2 N–H and O–H groups in total. The van der Waals surface area contributed by atoms with Gasteiger partial charge < -0.3 is 10.6 Å². The second-order valence-electron chi connectivity index (χ2n) is 7.06. The number of nitrogens with two attached hydrogens (primary N) is 1. The van der Waals surface area contributed by atoms with Gasteiger partial charge >= 0.3 is 0 Å². The first kappa shape index (κ1) is 21.6. The van der Waals surface area contributed by atoms with E-state index in [1.165, 1.54) is 17.7 Å². The van der Waals surface area contributed by atoms with Crippen molar-refractivity contribution in [1.82, 2.24) is 9.97 Å². The Kier molecular flexibility index (Phi) is 7.20. The minimum atomic E-state index is -0.193. The third kappa shape index (κ3) is 4.78. The van der Waals surface area contributed by atoms with Gasteiger partial charge in [0, 0.05) is 36.8 Å². The summed E-state index contributed by atoms with van der Waals surface area (Å²) >= 11 is 0. The standard InChI is InChI=1S/C20H23FN4.2ClH/c1-13-23-19(16-10-18(22)11-16)12-20(24-13)25-8-6-15(7-9-25)14-2-4-17(21)5-3-14;;/h2-6,12,16,18H,7-11,22H2,1H3;2*1H. The molecule has 0 spiro atoms. The molecule has 0 radical (unpaired) electrons. The molecule has 0 atom stereocenters. The van der Waals surface area contributed by atoms with Gasteiger partial charge in [-0.15, -0.1) is 24.8 Å². The van der Waals surface area contributed by atoms with E-state index < -0.39 is 0 Å². The minimum absolute atomic E-state index is 0. The van der Waals surface area contributed by atoms with Crippen LogP contribution in [0, 0.1) is 12.7 Å². The van der Waals surface area contributed by atoms with E-state index in [9.17, 15) is 4.39 Å². The summed E-state index contributed by atoms with van der Waals surface area (Å²) in [4.78, 5) is 11.5. The molecule has 2 aromatic rings. The summed E-state index contributed by atoms with van der Waals surface area (Å²) in [6.45, 7) is 3.67. The molecular formula is C20H25Cl2FN4. The molecular weight excluding hydrogens is 386 g/mol. The zero-order valence-corrected chi connectivity index (χ0v) is 16.9. The predicted molar refractivity (Wildman–Crippen MR) is 112 cm³/mol. The van der Waals surface area contributed by atoms with Crippen molar-refractivity contribution < 1.29 is 4.39 Å². The summed E-state index contributed by atoms with van der Waals surface area (Å²) in [5.74, 6) is 2.10. The van der Waals surface area contributed by atoms with Crippen LogP contribution in [-0.4, -0.2) is 29.1 Å². The third-order valence-electron chi connectivity index (χ3n) is 5.19. The Labute approximate surface area is 171 Å². The third-order valence-corrected chi connectivity index (χ3v) is 5.19. The highest BCUT2D eigenvalue weighted by Crippen LogP contribution is 2.36. The molecule has 1 aliphatic heterocycles. The molecule has 1 aromatic heterocycles. The van der Waals surface area contributed by atoms with Gasteiger partial charge in [-0.1, -0.05) is 18.2 Å². The van der Waals surface area contributed by atoms with Crippen molar-refractivity contribution in [1.29, 1.82) is 0 Å². The lowest BCUT2D eigenvalue weighted by atomic mass is 9.78. The highest BCUT2D eigenvalue weighted by atomic mass is 35.5. The topological polar surface area (TPSA) is 55.0 Å². The zero-order chi connectivity index (χ0) is 17.4. The highest BCUT2D eigenvalue weighted by molar-refractivity contribution is 5.85. The van der Waals surface area contributed by atoms with Crippen LogP contribution in [0.25, 0.3) is 5.57 Å². The van der Waals surface area contributed by atoms with Crippen LogP contribution >= 0.6 is 24.8 Å². The number of aryl methyl sites for hydroxylation is 1. The molecule has 2 heterocycles. The van der Waals surface area contributed by atoms with E-state index >= 15 is 0 Å². The number of halogens is 3. The number of hydrogen-bond acceptors (Lipinski definition) is 4. The summed E-state index contributed by atoms with van der Waals surface area (Å²) in [5.41, 5.74) is 9.41. The van der Waals surface area contributed by atoms with Gasteiger partial charge in [0.05, 0.1) is 0 Å². The van der Waals surface area contributed by atoms with E-state index in [1.807, 2.05) is 19.1 Å². The van der Waals surface area contributed by atoms with E-state index in [2.05, 4.69) is 27.0 Å². The van der Waals surface area contributed by atoms with Crippen molar-refractivity contribution in [2.24, 2.45) is 5.73 Å². The van der Waals surface area contributed by atoms with Gasteiger partial charge in [0.2, 0.25) is 0 Å². The number of aromatic nitrogens is 2. The van der Waals surface area contributed by atoms with Crippen LogP contribution in [0.3, 0.4) is 0 Å². The molecule has 0 saturated heterocycles. The van der Waals surface area contributed by atoms with Gasteiger partial charge in [-0.3, -0.25) is 0 Å². The molecule has 4 nitrogen and oxygen atoms in total. The predicted octanol–water partition coefficient (Wildman–Crippen LogP) is 4.27. The maximum atomic E-state index is 13.1. The van der Waals surface area contributed by atoms with Crippen LogP contribution in [-0.2, 0) is 0 Å². The SMILES string of the molecule is Cc1nc(C2CC(N)C2)cc(N2CC=C(c3ccc(F)cc3)CC2)n1.Cl.Cl. The van der Waals surface area contributed by atoms with Crippen LogP contribution in [0.15, 0.2) is 36.4 Å². The molecule has 1 aromatic carbocycles. The summed E-state index contributed by atoms with van der Waals surface area (Å²) in [6, 6.07) is 9.19. The molecule has 1 aliphatic carbocycles. The smallest absolute Gasteiger partial charge is 0.132 e. The van der Waals surface area contributed by atoms with Crippen molar-refractivity contribution in [3.05, 3.63) is 59.3 Å². The number of rotatable bonds is 3. The fourth-order valence-corrected chi connectivity index (χ4v) is 3.65. The summed E-state index contributed by atoms with van der Waals surface area (Å²) in [6.07, 6.45) is 5.18. The number of benzene rings is 1. The largest absolute Gasteiger partial charge is 0.352 e. The summed E-state index contributed by atoms with van der Waals surface area (Å²) < 4.78 is 13.1. The van der Waals surface area contributed by atoms with Gasteiger partial charge in [0.15, 0.2) is 0 Å². The monoisotopic (exact) mass is 410 g/mol. The van der Waals surface area contributed by atoms with E-state index in [4.69, 9.17) is 5.73 Å². The lowest BCUT2D eigenvalue weighted by molar-refractivity contribution is 0.344. The molecule has 27 heavy (non-hydrogen) atoms.